The van der Waals surface area contributed by atoms with Gasteiger partial charge < -0.3 is 10.2 Å². The Balaban J connectivity index is 3.43. The van der Waals surface area contributed by atoms with Gasteiger partial charge in [0.15, 0.2) is 0 Å². The summed E-state index contributed by atoms with van der Waals surface area (Å²) >= 11 is 0. The quantitative estimate of drug-likeness (QED) is 0.594. The molecule has 2 N–H and O–H groups in total. The van der Waals surface area contributed by atoms with E-state index in [9.17, 15) is 9.90 Å². The lowest BCUT2D eigenvalue weighted by atomic mass is 9.99. The van der Waals surface area contributed by atoms with E-state index in [1.165, 1.54) is 19.3 Å². The first-order valence-corrected chi connectivity index (χ1v) is 5.50. The van der Waals surface area contributed by atoms with Gasteiger partial charge in [0, 0.05) is 0 Å². The van der Waals surface area contributed by atoms with Crippen LogP contribution in [0, 0.1) is 5.92 Å². The number of carbonyl (C=O) groups is 1. The number of carboxylic acid groups (broad SMARTS) is 1. The molecular weight excluding hydrogens is 180 g/mol. The Morgan fingerprint density at radius 2 is 1.79 bits per heavy atom. The van der Waals surface area contributed by atoms with Gasteiger partial charge in [-0.25, -0.2) is 0 Å². The monoisotopic (exact) mass is 202 g/mol. The van der Waals surface area contributed by atoms with Crippen LogP contribution in [0.3, 0.4) is 0 Å². The third kappa shape index (κ3) is 5.97. The Hall–Kier alpha value is -0.570. The molecule has 0 aromatic rings. The predicted molar refractivity (Wildman–Crippen MR) is 56.2 cm³/mol. The average Bonchev–Trinajstić information content (AvgIpc) is 2.16. The van der Waals surface area contributed by atoms with Gasteiger partial charge in [0.2, 0.25) is 0 Å². The second-order valence-corrected chi connectivity index (χ2v) is 3.90. The van der Waals surface area contributed by atoms with Crippen molar-refractivity contribution in [1.29, 1.82) is 0 Å². The van der Waals surface area contributed by atoms with Crippen molar-refractivity contribution in [2.24, 2.45) is 5.92 Å². The van der Waals surface area contributed by atoms with E-state index in [2.05, 4.69) is 6.92 Å². The number of hydrogen-bond acceptors (Lipinski definition) is 2. The maximum atomic E-state index is 10.5. The standard InChI is InChI=1S/C11H22O3/c1-3-4-5-6-7-8-10(12)9(2)11(13)14/h9-10,12H,3-8H2,1-2H3,(H,13,14)/t9-,10+/m1/s1. The van der Waals surface area contributed by atoms with E-state index < -0.39 is 18.0 Å². The van der Waals surface area contributed by atoms with E-state index in [1.54, 1.807) is 6.92 Å². The van der Waals surface area contributed by atoms with Crippen molar-refractivity contribution in [3.05, 3.63) is 0 Å². The molecule has 3 heteroatoms. The largest absolute Gasteiger partial charge is 0.481 e. The van der Waals surface area contributed by atoms with Crippen LogP contribution in [-0.2, 0) is 4.79 Å². The highest BCUT2D eigenvalue weighted by Gasteiger charge is 2.20. The van der Waals surface area contributed by atoms with Crippen molar-refractivity contribution in [1.82, 2.24) is 0 Å². The molecule has 14 heavy (non-hydrogen) atoms. The van der Waals surface area contributed by atoms with E-state index in [-0.39, 0.29) is 0 Å². The van der Waals surface area contributed by atoms with Gasteiger partial charge >= 0.3 is 5.97 Å². The van der Waals surface area contributed by atoms with Crippen LogP contribution >= 0.6 is 0 Å². The van der Waals surface area contributed by atoms with Gasteiger partial charge in [-0.2, -0.15) is 0 Å². The molecule has 0 saturated heterocycles. The fraction of sp³-hybridized carbons (Fsp3) is 0.909. The molecule has 0 radical (unpaired) electrons. The van der Waals surface area contributed by atoms with Gasteiger partial charge in [-0.15, -0.1) is 0 Å². The van der Waals surface area contributed by atoms with E-state index in [1.807, 2.05) is 0 Å². The lowest BCUT2D eigenvalue weighted by Gasteiger charge is -2.14. The fourth-order valence-corrected chi connectivity index (χ4v) is 1.37. The number of aliphatic hydroxyl groups is 1. The molecule has 0 unspecified atom stereocenters. The van der Waals surface area contributed by atoms with Crippen molar-refractivity contribution < 1.29 is 15.0 Å². The van der Waals surface area contributed by atoms with Crippen LogP contribution in [0.15, 0.2) is 0 Å². The van der Waals surface area contributed by atoms with Crippen LogP contribution in [0.4, 0.5) is 0 Å². The summed E-state index contributed by atoms with van der Waals surface area (Å²) in [6.07, 6.45) is 5.56. The zero-order valence-electron chi connectivity index (χ0n) is 9.20. The average molecular weight is 202 g/mol. The summed E-state index contributed by atoms with van der Waals surface area (Å²) in [7, 11) is 0. The molecule has 84 valence electrons. The summed E-state index contributed by atoms with van der Waals surface area (Å²) in [6, 6.07) is 0. The lowest BCUT2D eigenvalue weighted by Crippen LogP contribution is -2.25. The Labute approximate surface area is 86.1 Å². The molecule has 0 aliphatic heterocycles. The zero-order chi connectivity index (χ0) is 11.0. The van der Waals surface area contributed by atoms with E-state index in [0.29, 0.717) is 6.42 Å². The Morgan fingerprint density at radius 1 is 1.21 bits per heavy atom. The van der Waals surface area contributed by atoms with Crippen LogP contribution < -0.4 is 0 Å². The number of unbranched alkanes of at least 4 members (excludes halogenated alkanes) is 4. The van der Waals surface area contributed by atoms with Crippen molar-refractivity contribution in [2.45, 2.75) is 58.5 Å². The molecular formula is C11H22O3. The number of aliphatic hydroxyl groups excluding tert-OH is 1. The van der Waals surface area contributed by atoms with Gasteiger partial charge in [0.25, 0.3) is 0 Å². The molecule has 0 aromatic carbocycles. The molecule has 0 rings (SSSR count). The molecule has 0 saturated carbocycles. The smallest absolute Gasteiger partial charge is 0.308 e. The van der Waals surface area contributed by atoms with Crippen LogP contribution in [0.5, 0.6) is 0 Å². The van der Waals surface area contributed by atoms with Gasteiger partial charge in [-0.05, 0) is 13.3 Å². The fourth-order valence-electron chi connectivity index (χ4n) is 1.37. The molecule has 0 heterocycles. The van der Waals surface area contributed by atoms with Gasteiger partial charge in [-0.3, -0.25) is 4.79 Å². The minimum absolute atomic E-state index is 0.608. The first kappa shape index (κ1) is 13.4. The SMILES string of the molecule is CCCCCCC[C@H](O)[C@@H](C)C(=O)O. The Morgan fingerprint density at radius 3 is 2.29 bits per heavy atom. The summed E-state index contributed by atoms with van der Waals surface area (Å²) in [5, 5.41) is 18.1. The second-order valence-electron chi connectivity index (χ2n) is 3.90. The molecule has 0 bridgehead atoms. The minimum atomic E-state index is -0.911. The summed E-state index contributed by atoms with van der Waals surface area (Å²) < 4.78 is 0. The number of aliphatic carboxylic acids is 1. The van der Waals surface area contributed by atoms with Gasteiger partial charge in [0.1, 0.15) is 0 Å². The maximum absolute atomic E-state index is 10.5. The third-order valence-corrected chi connectivity index (χ3v) is 2.57. The van der Waals surface area contributed by atoms with E-state index in [4.69, 9.17) is 5.11 Å². The lowest BCUT2D eigenvalue weighted by molar-refractivity contribution is -0.144. The highest BCUT2D eigenvalue weighted by atomic mass is 16.4. The van der Waals surface area contributed by atoms with Gasteiger partial charge in [0.05, 0.1) is 12.0 Å². The van der Waals surface area contributed by atoms with Crippen molar-refractivity contribution in [3.8, 4) is 0 Å². The molecule has 0 spiro atoms. The third-order valence-electron chi connectivity index (χ3n) is 2.57. The van der Waals surface area contributed by atoms with E-state index in [0.717, 1.165) is 12.8 Å². The van der Waals surface area contributed by atoms with Crippen LogP contribution in [-0.4, -0.2) is 22.3 Å². The summed E-state index contributed by atoms with van der Waals surface area (Å²) in [5.41, 5.74) is 0. The summed E-state index contributed by atoms with van der Waals surface area (Å²) in [6.45, 7) is 3.71. The van der Waals surface area contributed by atoms with Crippen LogP contribution in [0.1, 0.15) is 52.4 Å². The number of hydrogen-bond donors (Lipinski definition) is 2. The molecule has 3 nitrogen and oxygen atoms in total. The topological polar surface area (TPSA) is 57.5 Å². The molecule has 2 atom stereocenters. The normalized spacial score (nSPS) is 15.1. The molecule has 0 aromatic heterocycles. The Kier molecular flexibility index (Phi) is 7.48. The number of carboxylic acids is 1. The minimum Gasteiger partial charge on any atom is -0.481 e. The van der Waals surface area contributed by atoms with Crippen molar-refractivity contribution in [3.63, 3.8) is 0 Å². The first-order chi connectivity index (χ1) is 6.59. The maximum Gasteiger partial charge on any atom is 0.308 e. The first-order valence-electron chi connectivity index (χ1n) is 5.50. The molecule has 0 aliphatic carbocycles. The second kappa shape index (κ2) is 7.80. The number of rotatable bonds is 8. The predicted octanol–water partition coefficient (Wildman–Crippen LogP) is 2.43. The highest BCUT2D eigenvalue weighted by molar-refractivity contribution is 5.70. The summed E-state index contributed by atoms with van der Waals surface area (Å²) in [4.78, 5) is 10.5. The zero-order valence-corrected chi connectivity index (χ0v) is 9.20. The highest BCUT2D eigenvalue weighted by Crippen LogP contribution is 2.12. The molecule has 0 aliphatic rings. The van der Waals surface area contributed by atoms with Gasteiger partial charge in [-0.1, -0.05) is 39.0 Å². The van der Waals surface area contributed by atoms with Crippen molar-refractivity contribution in [2.75, 3.05) is 0 Å². The van der Waals surface area contributed by atoms with Crippen LogP contribution in [0.25, 0.3) is 0 Å². The molecule has 0 fully saturated rings. The van der Waals surface area contributed by atoms with E-state index >= 15 is 0 Å². The Bertz CT molecular complexity index is 157. The van der Waals surface area contributed by atoms with Crippen molar-refractivity contribution >= 4 is 5.97 Å². The van der Waals surface area contributed by atoms with Crippen LogP contribution in [0.2, 0.25) is 0 Å². The molecule has 0 amide bonds. The summed E-state index contributed by atoms with van der Waals surface area (Å²) in [5.74, 6) is -1.55.